The quantitative estimate of drug-likeness (QED) is 0.783. The van der Waals surface area contributed by atoms with Crippen LogP contribution in [0.15, 0.2) is 42.5 Å². The Morgan fingerprint density at radius 2 is 1.85 bits per heavy atom. The molecule has 0 saturated heterocycles. The summed E-state index contributed by atoms with van der Waals surface area (Å²) < 4.78 is 5.41. The van der Waals surface area contributed by atoms with Gasteiger partial charge in [0.15, 0.2) is 0 Å². The van der Waals surface area contributed by atoms with Crippen molar-refractivity contribution in [3.8, 4) is 11.8 Å². The topological polar surface area (TPSA) is 94.5 Å². The molecule has 0 aliphatic rings. The molecule has 27 heavy (non-hydrogen) atoms. The molecule has 0 aliphatic heterocycles. The van der Waals surface area contributed by atoms with Gasteiger partial charge in [-0.3, -0.25) is 4.90 Å². The van der Waals surface area contributed by atoms with E-state index in [1.165, 1.54) is 4.90 Å². The minimum Gasteiger partial charge on any atom is -0.410 e. The lowest BCUT2D eigenvalue weighted by molar-refractivity contribution is 0.208. The van der Waals surface area contributed by atoms with Gasteiger partial charge in [-0.1, -0.05) is 12.1 Å². The molecule has 0 fully saturated rings. The Hall–Kier alpha value is -3.53. The summed E-state index contributed by atoms with van der Waals surface area (Å²) in [5.74, 6) is 0.265. The molecule has 2 N–H and O–H groups in total. The summed E-state index contributed by atoms with van der Waals surface area (Å²) in [5, 5.41) is 14.4. The number of ether oxygens (including phenoxy) is 1. The standard InChI is InChI=1S/C20H22N4O3/c1-4-22-19(25)23-16-6-5-7-18(13-16)27-20(26)24(9-8-21)17-11-14(2)10-15(3)12-17/h5-7,10-13H,4,9H2,1-3H3,(H2,22,23,25). The van der Waals surface area contributed by atoms with E-state index < -0.39 is 6.09 Å². The Morgan fingerprint density at radius 3 is 2.48 bits per heavy atom. The smallest absolute Gasteiger partial charge is 0.410 e. The molecule has 0 atom stereocenters. The molecule has 7 heteroatoms. The van der Waals surface area contributed by atoms with Gasteiger partial charge >= 0.3 is 12.1 Å². The first-order chi connectivity index (χ1) is 12.9. The van der Waals surface area contributed by atoms with Crippen LogP contribution in [0.3, 0.4) is 0 Å². The Bertz CT molecular complexity index is 854. The molecule has 0 unspecified atom stereocenters. The normalized spacial score (nSPS) is 9.85. The van der Waals surface area contributed by atoms with Crippen molar-refractivity contribution in [2.24, 2.45) is 0 Å². The number of benzene rings is 2. The third-order valence-electron chi connectivity index (χ3n) is 3.60. The van der Waals surface area contributed by atoms with Crippen LogP contribution < -0.4 is 20.3 Å². The number of amides is 3. The molecular weight excluding hydrogens is 344 g/mol. The average Bonchev–Trinajstić information content (AvgIpc) is 2.59. The minimum absolute atomic E-state index is 0.140. The molecule has 0 radical (unpaired) electrons. The van der Waals surface area contributed by atoms with Gasteiger partial charge in [0.1, 0.15) is 12.3 Å². The first kappa shape index (κ1) is 19.8. The monoisotopic (exact) mass is 366 g/mol. The van der Waals surface area contributed by atoms with Gasteiger partial charge in [0.25, 0.3) is 0 Å². The fraction of sp³-hybridized carbons (Fsp3) is 0.250. The second-order valence-corrected chi connectivity index (χ2v) is 5.97. The van der Waals surface area contributed by atoms with Gasteiger partial charge in [-0.2, -0.15) is 5.26 Å². The zero-order valence-electron chi connectivity index (χ0n) is 15.6. The zero-order valence-corrected chi connectivity index (χ0v) is 15.6. The molecule has 0 heterocycles. The predicted molar refractivity (Wildman–Crippen MR) is 104 cm³/mol. The number of hydrogen-bond donors (Lipinski definition) is 2. The third kappa shape index (κ3) is 5.75. The second-order valence-electron chi connectivity index (χ2n) is 5.97. The number of rotatable bonds is 5. The maximum atomic E-state index is 12.6. The van der Waals surface area contributed by atoms with Crippen LogP contribution in [0.1, 0.15) is 18.1 Å². The summed E-state index contributed by atoms with van der Waals surface area (Å²) in [5.41, 5.74) is 3.04. The summed E-state index contributed by atoms with van der Waals surface area (Å²) >= 11 is 0. The van der Waals surface area contributed by atoms with Crippen molar-refractivity contribution in [3.05, 3.63) is 53.6 Å². The number of anilines is 2. The van der Waals surface area contributed by atoms with Crippen molar-refractivity contribution < 1.29 is 14.3 Å². The Labute approximate surface area is 158 Å². The van der Waals surface area contributed by atoms with E-state index in [2.05, 4.69) is 10.6 Å². The lowest BCUT2D eigenvalue weighted by Crippen LogP contribution is -2.34. The van der Waals surface area contributed by atoms with Gasteiger partial charge < -0.3 is 15.4 Å². The van der Waals surface area contributed by atoms with E-state index in [-0.39, 0.29) is 18.3 Å². The number of carbonyl (C=O) groups excluding carboxylic acids is 2. The highest BCUT2D eigenvalue weighted by Gasteiger charge is 2.19. The van der Waals surface area contributed by atoms with E-state index in [0.29, 0.717) is 17.9 Å². The van der Waals surface area contributed by atoms with Crippen molar-refractivity contribution >= 4 is 23.5 Å². The Kier molecular flexibility index (Phi) is 6.78. The lowest BCUT2D eigenvalue weighted by Gasteiger charge is -2.20. The number of nitrogens with zero attached hydrogens (tertiary/aromatic N) is 2. The van der Waals surface area contributed by atoms with Crippen LogP contribution in [0, 0.1) is 25.2 Å². The van der Waals surface area contributed by atoms with Crippen molar-refractivity contribution in [3.63, 3.8) is 0 Å². The highest BCUT2D eigenvalue weighted by Crippen LogP contribution is 2.22. The molecule has 140 valence electrons. The molecule has 0 saturated carbocycles. The van der Waals surface area contributed by atoms with E-state index in [0.717, 1.165) is 11.1 Å². The number of nitrogens with one attached hydrogen (secondary N) is 2. The molecule has 2 aromatic carbocycles. The number of nitriles is 1. The van der Waals surface area contributed by atoms with Crippen molar-refractivity contribution in [1.82, 2.24) is 5.32 Å². The molecule has 0 aromatic heterocycles. The molecule has 7 nitrogen and oxygen atoms in total. The first-order valence-electron chi connectivity index (χ1n) is 8.52. The fourth-order valence-electron chi connectivity index (χ4n) is 2.57. The zero-order chi connectivity index (χ0) is 19.8. The van der Waals surface area contributed by atoms with E-state index in [4.69, 9.17) is 10.00 Å². The summed E-state index contributed by atoms with van der Waals surface area (Å²) in [6.07, 6.45) is -0.670. The first-order valence-corrected chi connectivity index (χ1v) is 8.52. The van der Waals surface area contributed by atoms with Crippen LogP contribution in [-0.2, 0) is 0 Å². The molecular formula is C20H22N4O3. The predicted octanol–water partition coefficient (Wildman–Crippen LogP) is 3.97. The fourth-order valence-corrected chi connectivity index (χ4v) is 2.57. The number of hydrogen-bond acceptors (Lipinski definition) is 4. The SMILES string of the molecule is CCNC(=O)Nc1cccc(OC(=O)N(CC#N)c2cc(C)cc(C)c2)c1. The summed E-state index contributed by atoms with van der Waals surface area (Å²) in [7, 11) is 0. The third-order valence-corrected chi connectivity index (χ3v) is 3.60. The second kappa shape index (κ2) is 9.25. The number of aryl methyl sites for hydroxylation is 2. The van der Waals surface area contributed by atoms with Crippen molar-refractivity contribution in [1.29, 1.82) is 5.26 Å². The van der Waals surface area contributed by atoms with Crippen molar-refractivity contribution in [2.45, 2.75) is 20.8 Å². The molecule has 2 aromatic rings. The van der Waals surface area contributed by atoms with Crippen LogP contribution in [0.2, 0.25) is 0 Å². The summed E-state index contributed by atoms with van der Waals surface area (Å²) in [4.78, 5) is 25.5. The van der Waals surface area contributed by atoms with Crippen LogP contribution in [0.4, 0.5) is 21.0 Å². The van der Waals surface area contributed by atoms with Gasteiger partial charge in [-0.15, -0.1) is 0 Å². The Morgan fingerprint density at radius 1 is 1.15 bits per heavy atom. The van der Waals surface area contributed by atoms with Crippen molar-refractivity contribution in [2.75, 3.05) is 23.3 Å². The highest BCUT2D eigenvalue weighted by atomic mass is 16.6. The molecule has 2 rings (SSSR count). The minimum atomic E-state index is -0.670. The van der Waals surface area contributed by atoms with Crippen LogP contribution >= 0.6 is 0 Å². The number of carbonyl (C=O) groups is 2. The molecule has 3 amide bonds. The molecule has 0 spiro atoms. The van der Waals surface area contributed by atoms with Crippen LogP contribution in [-0.4, -0.2) is 25.2 Å². The van der Waals surface area contributed by atoms with Crippen LogP contribution in [0.25, 0.3) is 0 Å². The van der Waals surface area contributed by atoms with Gasteiger partial charge in [0, 0.05) is 24.0 Å². The van der Waals surface area contributed by atoms with E-state index in [1.807, 2.05) is 45.0 Å². The van der Waals surface area contributed by atoms with Crippen LogP contribution in [0.5, 0.6) is 5.75 Å². The average molecular weight is 366 g/mol. The van der Waals surface area contributed by atoms with Gasteiger partial charge in [-0.05, 0) is 56.2 Å². The van der Waals surface area contributed by atoms with E-state index >= 15 is 0 Å². The number of urea groups is 1. The Balaban J connectivity index is 2.18. The maximum Gasteiger partial charge on any atom is 0.420 e. The summed E-state index contributed by atoms with van der Waals surface area (Å²) in [6, 6.07) is 13.7. The molecule has 0 aliphatic carbocycles. The highest BCUT2D eigenvalue weighted by molar-refractivity contribution is 5.91. The maximum absolute atomic E-state index is 12.6. The molecule has 0 bridgehead atoms. The van der Waals surface area contributed by atoms with E-state index in [1.54, 1.807) is 24.3 Å². The van der Waals surface area contributed by atoms with Gasteiger partial charge in [0.2, 0.25) is 0 Å². The lowest BCUT2D eigenvalue weighted by atomic mass is 10.1. The van der Waals surface area contributed by atoms with Gasteiger partial charge in [0.05, 0.1) is 6.07 Å². The van der Waals surface area contributed by atoms with Gasteiger partial charge in [-0.25, -0.2) is 9.59 Å². The van der Waals surface area contributed by atoms with E-state index in [9.17, 15) is 9.59 Å². The largest absolute Gasteiger partial charge is 0.420 e. The summed E-state index contributed by atoms with van der Waals surface area (Å²) in [6.45, 7) is 6.01.